The number of hydrogen-bond acceptors (Lipinski definition) is 5. The molecule has 0 saturated heterocycles. The van der Waals surface area contributed by atoms with Crippen molar-refractivity contribution >= 4 is 45.3 Å². The van der Waals surface area contributed by atoms with E-state index in [1.807, 2.05) is 23.2 Å². The average Bonchev–Trinajstić information content (AvgIpc) is 3.33. The normalized spacial score (nSPS) is 14.2. The van der Waals surface area contributed by atoms with Gasteiger partial charge in [-0.1, -0.05) is 6.92 Å². The lowest BCUT2D eigenvalue weighted by atomic mass is 10.1. The molecule has 0 radical (unpaired) electrons. The SMILES string of the molecule is CC[C@@H](C)N(Cc1ccc(I)cn1)C(=O)c1cc2nc(N)c3c(c2[nH]1)COC3. The van der Waals surface area contributed by atoms with Crippen LogP contribution in [0.1, 0.15) is 47.6 Å². The number of nitrogen functional groups attached to an aromatic ring is 1. The lowest BCUT2D eigenvalue weighted by molar-refractivity contribution is 0.0663. The van der Waals surface area contributed by atoms with Crippen LogP contribution in [0.4, 0.5) is 5.82 Å². The van der Waals surface area contributed by atoms with Crippen LogP contribution in [0.2, 0.25) is 0 Å². The molecule has 1 amide bonds. The number of ether oxygens (including phenoxy) is 1. The summed E-state index contributed by atoms with van der Waals surface area (Å²) in [5.74, 6) is 0.402. The van der Waals surface area contributed by atoms with Crippen molar-refractivity contribution in [2.75, 3.05) is 5.73 Å². The monoisotopic (exact) mass is 491 g/mol. The third kappa shape index (κ3) is 3.46. The summed E-state index contributed by atoms with van der Waals surface area (Å²) in [5.41, 5.74) is 10.9. The van der Waals surface area contributed by atoms with Crippen molar-refractivity contribution < 1.29 is 9.53 Å². The standard InChI is InChI=1S/C20H22IN5O2/c1-3-11(2)26(8-13-5-4-12(21)7-23-13)20(27)17-6-16-18(24-17)14-9-28-10-15(14)19(22)25-16/h4-7,11,24H,3,8-10H2,1-2H3,(H2,22,25)/t11-/m1/s1. The van der Waals surface area contributed by atoms with E-state index in [0.717, 1.165) is 32.3 Å². The molecule has 28 heavy (non-hydrogen) atoms. The molecule has 0 saturated carbocycles. The van der Waals surface area contributed by atoms with Crippen molar-refractivity contribution in [3.05, 3.63) is 50.5 Å². The van der Waals surface area contributed by atoms with E-state index in [-0.39, 0.29) is 11.9 Å². The Kier molecular flexibility index (Phi) is 5.24. The summed E-state index contributed by atoms with van der Waals surface area (Å²) in [6, 6.07) is 5.82. The molecule has 1 aliphatic heterocycles. The molecule has 0 spiro atoms. The molecule has 7 nitrogen and oxygen atoms in total. The van der Waals surface area contributed by atoms with Crippen molar-refractivity contribution in [3.63, 3.8) is 0 Å². The third-order valence-electron chi connectivity index (χ3n) is 5.24. The van der Waals surface area contributed by atoms with Gasteiger partial charge in [0.15, 0.2) is 0 Å². The van der Waals surface area contributed by atoms with Gasteiger partial charge in [0, 0.05) is 26.9 Å². The number of nitrogens with two attached hydrogens (primary N) is 1. The van der Waals surface area contributed by atoms with Gasteiger partial charge in [-0.25, -0.2) is 4.98 Å². The number of carbonyl (C=O) groups is 1. The fourth-order valence-corrected chi connectivity index (χ4v) is 3.75. The van der Waals surface area contributed by atoms with E-state index in [9.17, 15) is 4.79 Å². The Morgan fingerprint density at radius 3 is 2.89 bits per heavy atom. The number of hydrogen-bond donors (Lipinski definition) is 2. The number of amides is 1. The first-order chi connectivity index (χ1) is 13.5. The number of aromatic amines is 1. The van der Waals surface area contributed by atoms with Gasteiger partial charge in [0.05, 0.1) is 36.5 Å². The van der Waals surface area contributed by atoms with Gasteiger partial charge in [0.2, 0.25) is 0 Å². The highest BCUT2D eigenvalue weighted by Gasteiger charge is 2.26. The molecule has 0 bridgehead atoms. The summed E-state index contributed by atoms with van der Waals surface area (Å²) in [7, 11) is 0. The van der Waals surface area contributed by atoms with E-state index in [1.165, 1.54) is 0 Å². The summed E-state index contributed by atoms with van der Waals surface area (Å²) in [6.45, 7) is 5.52. The Morgan fingerprint density at radius 1 is 1.39 bits per heavy atom. The Hall–Kier alpha value is -2.20. The van der Waals surface area contributed by atoms with Gasteiger partial charge in [-0.15, -0.1) is 0 Å². The number of H-pyrrole nitrogens is 1. The van der Waals surface area contributed by atoms with Gasteiger partial charge < -0.3 is 20.4 Å². The Morgan fingerprint density at radius 2 is 2.18 bits per heavy atom. The molecule has 1 aliphatic rings. The fourth-order valence-electron chi connectivity index (χ4n) is 3.43. The predicted molar refractivity (Wildman–Crippen MR) is 116 cm³/mol. The molecule has 4 rings (SSSR count). The molecular weight excluding hydrogens is 469 g/mol. The minimum Gasteiger partial charge on any atom is -0.383 e. The molecule has 146 valence electrons. The summed E-state index contributed by atoms with van der Waals surface area (Å²) < 4.78 is 6.59. The first-order valence-corrected chi connectivity index (χ1v) is 10.3. The Bertz CT molecular complexity index is 1030. The number of anilines is 1. The van der Waals surface area contributed by atoms with Gasteiger partial charge >= 0.3 is 0 Å². The van der Waals surface area contributed by atoms with Crippen LogP contribution in [0.3, 0.4) is 0 Å². The number of aromatic nitrogens is 3. The Balaban J connectivity index is 1.69. The molecule has 3 aromatic heterocycles. The van der Waals surface area contributed by atoms with E-state index in [1.54, 1.807) is 6.07 Å². The number of halogens is 1. The maximum atomic E-state index is 13.3. The smallest absolute Gasteiger partial charge is 0.270 e. The maximum absolute atomic E-state index is 13.3. The highest BCUT2D eigenvalue weighted by molar-refractivity contribution is 14.1. The van der Waals surface area contributed by atoms with Gasteiger partial charge in [-0.2, -0.15) is 0 Å². The molecular formula is C20H22IN5O2. The summed E-state index contributed by atoms with van der Waals surface area (Å²) in [5, 5.41) is 0. The predicted octanol–water partition coefficient (Wildman–Crippen LogP) is 3.62. The number of nitrogens with one attached hydrogen (secondary N) is 1. The summed E-state index contributed by atoms with van der Waals surface area (Å²) in [4.78, 5) is 27.4. The first-order valence-electron chi connectivity index (χ1n) is 9.27. The van der Waals surface area contributed by atoms with Crippen molar-refractivity contribution in [3.8, 4) is 0 Å². The van der Waals surface area contributed by atoms with Crippen molar-refractivity contribution in [1.29, 1.82) is 0 Å². The second kappa shape index (κ2) is 7.67. The molecule has 8 heteroatoms. The third-order valence-corrected chi connectivity index (χ3v) is 5.88. The average molecular weight is 491 g/mol. The van der Waals surface area contributed by atoms with Crippen LogP contribution in [0, 0.1) is 3.57 Å². The van der Waals surface area contributed by atoms with Crippen LogP contribution < -0.4 is 5.73 Å². The lowest BCUT2D eigenvalue weighted by Crippen LogP contribution is -2.38. The van der Waals surface area contributed by atoms with Gasteiger partial charge in [0.25, 0.3) is 5.91 Å². The second-order valence-electron chi connectivity index (χ2n) is 7.05. The lowest BCUT2D eigenvalue weighted by Gasteiger charge is -2.28. The largest absolute Gasteiger partial charge is 0.383 e. The second-order valence-corrected chi connectivity index (χ2v) is 8.29. The molecule has 4 heterocycles. The molecule has 3 aromatic rings. The first kappa shape index (κ1) is 19.1. The number of pyridine rings is 2. The van der Waals surface area contributed by atoms with E-state index in [4.69, 9.17) is 10.5 Å². The number of fused-ring (bicyclic) bond motifs is 3. The zero-order valence-corrected chi connectivity index (χ0v) is 18.0. The van der Waals surface area contributed by atoms with Crippen LogP contribution >= 0.6 is 22.6 Å². The van der Waals surface area contributed by atoms with Gasteiger partial charge in [-0.3, -0.25) is 9.78 Å². The number of nitrogens with zero attached hydrogens (tertiary/aromatic N) is 3. The molecule has 0 fully saturated rings. The molecule has 0 aliphatic carbocycles. The topological polar surface area (TPSA) is 97.1 Å². The Labute approximate surface area is 176 Å². The molecule has 3 N–H and O–H groups in total. The van der Waals surface area contributed by atoms with Gasteiger partial charge in [0.1, 0.15) is 11.5 Å². The van der Waals surface area contributed by atoms with Crippen LogP contribution in [0.15, 0.2) is 24.4 Å². The van der Waals surface area contributed by atoms with Crippen molar-refractivity contribution in [2.24, 2.45) is 0 Å². The maximum Gasteiger partial charge on any atom is 0.270 e. The molecule has 0 aromatic carbocycles. The van der Waals surface area contributed by atoms with Gasteiger partial charge in [-0.05, 0) is 54.1 Å². The number of rotatable bonds is 5. The fraction of sp³-hybridized carbons (Fsp3) is 0.350. The quantitative estimate of drug-likeness (QED) is 0.532. The van der Waals surface area contributed by atoms with Crippen LogP contribution in [0.5, 0.6) is 0 Å². The minimum absolute atomic E-state index is 0.0704. The van der Waals surface area contributed by atoms with E-state index in [0.29, 0.717) is 36.8 Å². The van der Waals surface area contributed by atoms with E-state index in [2.05, 4.69) is 51.4 Å². The van der Waals surface area contributed by atoms with Crippen LogP contribution in [-0.2, 0) is 24.5 Å². The highest BCUT2D eigenvalue weighted by atomic mass is 127. The molecule has 0 unspecified atom stereocenters. The van der Waals surface area contributed by atoms with E-state index >= 15 is 0 Å². The van der Waals surface area contributed by atoms with Crippen LogP contribution in [0.25, 0.3) is 11.0 Å². The van der Waals surface area contributed by atoms with Crippen molar-refractivity contribution in [2.45, 2.75) is 46.1 Å². The zero-order valence-electron chi connectivity index (χ0n) is 15.8. The van der Waals surface area contributed by atoms with E-state index < -0.39 is 0 Å². The number of carbonyl (C=O) groups excluding carboxylic acids is 1. The summed E-state index contributed by atoms with van der Waals surface area (Å²) >= 11 is 2.22. The molecule has 1 atom stereocenters. The van der Waals surface area contributed by atoms with Crippen LogP contribution in [-0.4, -0.2) is 31.8 Å². The highest BCUT2D eigenvalue weighted by Crippen LogP contribution is 2.31. The summed E-state index contributed by atoms with van der Waals surface area (Å²) in [6.07, 6.45) is 2.67. The van der Waals surface area contributed by atoms with Crippen molar-refractivity contribution in [1.82, 2.24) is 19.9 Å². The minimum atomic E-state index is -0.0704. The zero-order chi connectivity index (χ0) is 19.8.